The summed E-state index contributed by atoms with van der Waals surface area (Å²) in [6.45, 7) is 4.58. The first kappa shape index (κ1) is 10.5. The number of ether oxygens (including phenoxy) is 1. The molecule has 0 aliphatic heterocycles. The van der Waals surface area contributed by atoms with Gasteiger partial charge in [0.2, 0.25) is 0 Å². The largest absolute Gasteiger partial charge is 0.461 e. The molecule has 0 fully saturated rings. The van der Waals surface area contributed by atoms with Crippen LogP contribution in [0.2, 0.25) is 0 Å². The molecule has 0 aliphatic carbocycles. The highest BCUT2D eigenvalue weighted by molar-refractivity contribution is 5.98. The minimum atomic E-state index is -0.502. The lowest BCUT2D eigenvalue weighted by Gasteiger charge is -2.00. The van der Waals surface area contributed by atoms with Crippen molar-refractivity contribution in [1.29, 1.82) is 0 Å². The first-order chi connectivity index (χ1) is 7.77. The van der Waals surface area contributed by atoms with E-state index in [1.165, 1.54) is 6.33 Å². The molecule has 0 aromatic carbocycles. The summed E-state index contributed by atoms with van der Waals surface area (Å²) in [4.78, 5) is 19.5. The van der Waals surface area contributed by atoms with Crippen LogP contribution >= 0.6 is 0 Å². The Morgan fingerprint density at radius 1 is 1.44 bits per heavy atom. The Balaban J connectivity index is 2.54. The fourth-order valence-corrected chi connectivity index (χ4v) is 1.35. The zero-order valence-corrected chi connectivity index (χ0v) is 9.04. The van der Waals surface area contributed by atoms with E-state index in [9.17, 15) is 4.79 Å². The number of nitrogens with zero attached hydrogens (tertiary/aromatic N) is 5. The maximum absolute atomic E-state index is 11.6. The van der Waals surface area contributed by atoms with Crippen LogP contribution in [0.4, 0.5) is 0 Å². The van der Waals surface area contributed by atoms with E-state index in [2.05, 4.69) is 20.3 Å². The summed E-state index contributed by atoms with van der Waals surface area (Å²) in [5.41, 5.74) is 1.08. The number of carbonyl (C=O) groups is 1. The van der Waals surface area contributed by atoms with Crippen molar-refractivity contribution in [3.05, 3.63) is 12.0 Å². The van der Waals surface area contributed by atoms with Crippen LogP contribution in [0.25, 0.3) is 11.2 Å². The first-order valence-electron chi connectivity index (χ1n) is 4.99. The van der Waals surface area contributed by atoms with Crippen LogP contribution in [-0.2, 0) is 11.3 Å². The molecule has 0 N–H and O–H groups in total. The molecule has 0 bridgehead atoms. The molecule has 16 heavy (non-hydrogen) atoms. The Morgan fingerprint density at radius 2 is 2.25 bits per heavy atom. The molecule has 7 nitrogen and oxygen atoms in total. The van der Waals surface area contributed by atoms with Crippen LogP contribution in [0, 0.1) is 0 Å². The maximum Gasteiger partial charge on any atom is 0.359 e. The number of esters is 1. The van der Waals surface area contributed by atoms with Gasteiger partial charge in [0, 0.05) is 6.54 Å². The molecule has 2 aromatic heterocycles. The zero-order valence-electron chi connectivity index (χ0n) is 9.04. The van der Waals surface area contributed by atoms with Gasteiger partial charge in [-0.2, -0.15) is 0 Å². The number of hydrogen-bond acceptors (Lipinski definition) is 6. The summed E-state index contributed by atoms with van der Waals surface area (Å²) in [6.07, 6.45) is 1.31. The number of aryl methyl sites for hydroxylation is 1. The second-order valence-electron chi connectivity index (χ2n) is 3.02. The van der Waals surface area contributed by atoms with Crippen molar-refractivity contribution in [2.75, 3.05) is 6.61 Å². The molecule has 2 heterocycles. The van der Waals surface area contributed by atoms with Gasteiger partial charge in [0.25, 0.3) is 0 Å². The summed E-state index contributed by atoms with van der Waals surface area (Å²) in [5.74, 6) is -0.502. The lowest BCUT2D eigenvalue weighted by atomic mass is 10.3. The lowest BCUT2D eigenvalue weighted by molar-refractivity contribution is 0.0521. The van der Waals surface area contributed by atoms with Crippen LogP contribution < -0.4 is 0 Å². The SMILES string of the molecule is CCOC(=O)c1ncnc2c1nnn2CC. The number of rotatable bonds is 3. The second kappa shape index (κ2) is 4.21. The number of hydrogen-bond donors (Lipinski definition) is 0. The van der Waals surface area contributed by atoms with E-state index in [1.54, 1.807) is 11.6 Å². The maximum atomic E-state index is 11.6. The van der Waals surface area contributed by atoms with E-state index < -0.39 is 5.97 Å². The molecule has 2 rings (SSSR count). The standard InChI is InChI=1S/C9H11N5O2/c1-3-14-8-6(12-13-14)7(10-5-11-8)9(15)16-4-2/h5H,3-4H2,1-2H3. The minimum absolute atomic E-state index is 0.159. The van der Waals surface area contributed by atoms with Gasteiger partial charge in [0.1, 0.15) is 6.33 Å². The van der Waals surface area contributed by atoms with Gasteiger partial charge in [0.15, 0.2) is 16.9 Å². The normalized spacial score (nSPS) is 10.6. The first-order valence-corrected chi connectivity index (χ1v) is 4.99. The second-order valence-corrected chi connectivity index (χ2v) is 3.02. The summed E-state index contributed by atoms with van der Waals surface area (Å²) < 4.78 is 6.47. The highest BCUT2D eigenvalue weighted by Gasteiger charge is 2.17. The molecule has 2 aromatic rings. The summed E-state index contributed by atoms with van der Waals surface area (Å²) >= 11 is 0. The van der Waals surface area contributed by atoms with Crippen LogP contribution in [0.3, 0.4) is 0 Å². The third-order valence-corrected chi connectivity index (χ3v) is 2.07. The van der Waals surface area contributed by atoms with Crippen molar-refractivity contribution >= 4 is 17.1 Å². The molecule has 7 heteroatoms. The average molecular weight is 221 g/mol. The number of fused-ring (bicyclic) bond motifs is 1. The molecule has 0 saturated carbocycles. The monoisotopic (exact) mass is 221 g/mol. The minimum Gasteiger partial charge on any atom is -0.461 e. The molecule has 0 amide bonds. The van der Waals surface area contributed by atoms with E-state index in [4.69, 9.17) is 4.74 Å². The van der Waals surface area contributed by atoms with Crippen molar-refractivity contribution < 1.29 is 9.53 Å². The highest BCUT2D eigenvalue weighted by Crippen LogP contribution is 2.11. The van der Waals surface area contributed by atoms with Crippen LogP contribution in [0.15, 0.2) is 6.33 Å². The van der Waals surface area contributed by atoms with Gasteiger partial charge in [-0.1, -0.05) is 5.21 Å². The Kier molecular flexibility index (Phi) is 2.76. The smallest absolute Gasteiger partial charge is 0.359 e. The van der Waals surface area contributed by atoms with Crippen LogP contribution in [-0.4, -0.2) is 37.5 Å². The summed E-state index contributed by atoms with van der Waals surface area (Å²) in [5, 5.41) is 7.75. The fraction of sp³-hybridized carbons (Fsp3) is 0.444. The van der Waals surface area contributed by atoms with Gasteiger partial charge in [-0.25, -0.2) is 19.4 Å². The third kappa shape index (κ3) is 1.60. The van der Waals surface area contributed by atoms with Gasteiger partial charge in [-0.05, 0) is 13.8 Å². The van der Waals surface area contributed by atoms with Crippen molar-refractivity contribution in [1.82, 2.24) is 25.0 Å². The molecule has 0 radical (unpaired) electrons. The van der Waals surface area contributed by atoms with Gasteiger partial charge in [-0.15, -0.1) is 5.10 Å². The van der Waals surface area contributed by atoms with Gasteiger partial charge < -0.3 is 4.74 Å². The topological polar surface area (TPSA) is 82.8 Å². The molecule has 0 aliphatic rings. The predicted molar refractivity (Wildman–Crippen MR) is 54.7 cm³/mol. The molecule has 0 unspecified atom stereocenters. The molecule has 0 atom stereocenters. The molecule has 0 saturated heterocycles. The quantitative estimate of drug-likeness (QED) is 0.698. The van der Waals surface area contributed by atoms with Crippen LogP contribution in [0.5, 0.6) is 0 Å². The Morgan fingerprint density at radius 3 is 2.94 bits per heavy atom. The Bertz CT molecular complexity index is 522. The molecular formula is C9H11N5O2. The fourth-order valence-electron chi connectivity index (χ4n) is 1.35. The lowest BCUT2D eigenvalue weighted by Crippen LogP contribution is -2.08. The van der Waals surface area contributed by atoms with Gasteiger partial charge in [0.05, 0.1) is 6.61 Å². The van der Waals surface area contributed by atoms with E-state index in [-0.39, 0.29) is 5.69 Å². The summed E-state index contributed by atoms with van der Waals surface area (Å²) in [7, 11) is 0. The van der Waals surface area contributed by atoms with Gasteiger partial charge in [-0.3, -0.25) is 0 Å². The van der Waals surface area contributed by atoms with Crippen molar-refractivity contribution in [2.45, 2.75) is 20.4 Å². The Labute approximate surface area is 91.4 Å². The van der Waals surface area contributed by atoms with E-state index in [0.717, 1.165) is 0 Å². The number of carbonyl (C=O) groups excluding carboxylic acids is 1. The predicted octanol–water partition coefficient (Wildman–Crippen LogP) is 0.418. The van der Waals surface area contributed by atoms with Gasteiger partial charge >= 0.3 is 5.97 Å². The Hall–Kier alpha value is -2.05. The van der Waals surface area contributed by atoms with E-state index in [0.29, 0.717) is 24.3 Å². The molecule has 84 valence electrons. The van der Waals surface area contributed by atoms with E-state index >= 15 is 0 Å². The average Bonchev–Trinajstić information content (AvgIpc) is 2.71. The van der Waals surface area contributed by atoms with E-state index in [1.807, 2.05) is 6.92 Å². The van der Waals surface area contributed by atoms with Crippen molar-refractivity contribution in [2.24, 2.45) is 0 Å². The number of aromatic nitrogens is 5. The zero-order chi connectivity index (χ0) is 11.5. The summed E-state index contributed by atoms with van der Waals surface area (Å²) in [6, 6.07) is 0. The van der Waals surface area contributed by atoms with Crippen molar-refractivity contribution in [3.8, 4) is 0 Å². The van der Waals surface area contributed by atoms with Crippen molar-refractivity contribution in [3.63, 3.8) is 0 Å². The molecular weight excluding hydrogens is 210 g/mol. The highest BCUT2D eigenvalue weighted by atomic mass is 16.5. The van der Waals surface area contributed by atoms with Crippen LogP contribution in [0.1, 0.15) is 24.3 Å². The third-order valence-electron chi connectivity index (χ3n) is 2.07. The molecule has 0 spiro atoms.